The van der Waals surface area contributed by atoms with Crippen LogP contribution >= 0.6 is 0 Å². The summed E-state index contributed by atoms with van der Waals surface area (Å²) in [5, 5.41) is 20.7. The lowest BCUT2D eigenvalue weighted by Crippen LogP contribution is -2.62. The summed E-state index contributed by atoms with van der Waals surface area (Å²) in [6.45, 7) is 2.59. The van der Waals surface area contributed by atoms with Crippen LogP contribution in [0.5, 0.6) is 0 Å². The third-order valence-electron chi connectivity index (χ3n) is 6.07. The number of hydrogen-bond acceptors (Lipinski definition) is 4. The van der Waals surface area contributed by atoms with Crippen LogP contribution in [0.1, 0.15) is 42.4 Å². The molecule has 7 nitrogen and oxygen atoms in total. The van der Waals surface area contributed by atoms with Gasteiger partial charge in [-0.2, -0.15) is 5.26 Å². The molecule has 2 aromatic rings. The van der Waals surface area contributed by atoms with Crippen molar-refractivity contribution < 1.29 is 9.59 Å². The Morgan fingerprint density at radius 3 is 2.57 bits per heavy atom. The average molecular weight is 401 g/mol. The summed E-state index contributed by atoms with van der Waals surface area (Å²) in [5.41, 5.74) is 1.96. The first-order valence-corrected chi connectivity index (χ1v) is 9.90. The summed E-state index contributed by atoms with van der Waals surface area (Å²) in [4.78, 5) is 28.4. The number of anilines is 1. The number of guanidine groups is 1. The second-order valence-corrected chi connectivity index (χ2v) is 7.94. The molecule has 30 heavy (non-hydrogen) atoms. The van der Waals surface area contributed by atoms with Gasteiger partial charge in [-0.3, -0.25) is 19.9 Å². The lowest BCUT2D eigenvalue weighted by atomic mass is 9.73. The maximum atomic E-state index is 13.3. The minimum absolute atomic E-state index is 0.0143. The minimum atomic E-state index is -0.904. The average Bonchev–Trinajstić information content (AvgIpc) is 3.18. The number of nitriles is 1. The monoisotopic (exact) mass is 401 g/mol. The fourth-order valence-corrected chi connectivity index (χ4v) is 4.35. The van der Waals surface area contributed by atoms with Gasteiger partial charge in [0.1, 0.15) is 0 Å². The number of nitrogens with one attached hydrogen (secondary N) is 2. The summed E-state index contributed by atoms with van der Waals surface area (Å²) in [7, 11) is 1.58. The Morgan fingerprint density at radius 2 is 1.93 bits per heavy atom. The van der Waals surface area contributed by atoms with Gasteiger partial charge in [0.05, 0.1) is 23.1 Å². The SMILES string of the molecule is CN1C(=N)N[C@](C)(c2cccc(C#N)c2)[C@H](c2ccc(N3CCCC3=O)cc2)C1=O. The van der Waals surface area contributed by atoms with Crippen LogP contribution in [0, 0.1) is 16.7 Å². The number of hydrogen-bond donors (Lipinski definition) is 2. The lowest BCUT2D eigenvalue weighted by molar-refractivity contribution is -0.131. The maximum absolute atomic E-state index is 13.3. The van der Waals surface area contributed by atoms with E-state index in [4.69, 9.17) is 5.41 Å². The molecule has 0 radical (unpaired) electrons. The standard InChI is InChI=1S/C23H23N5O2/c1-23(17-6-3-5-15(13-17)14-24)20(21(30)27(2)22(25)26-23)16-8-10-18(11-9-16)28-12-4-7-19(28)29/h3,5-6,8-11,13,20H,4,7,12H2,1-2H3,(H2,25,26)/t20-,23-/m1/s1. The van der Waals surface area contributed by atoms with Crippen LogP contribution in [-0.4, -0.2) is 36.3 Å². The van der Waals surface area contributed by atoms with E-state index in [1.807, 2.05) is 37.3 Å². The van der Waals surface area contributed by atoms with E-state index in [0.29, 0.717) is 18.5 Å². The van der Waals surface area contributed by atoms with Crippen molar-refractivity contribution in [2.45, 2.75) is 31.2 Å². The maximum Gasteiger partial charge on any atom is 0.239 e. The van der Waals surface area contributed by atoms with E-state index in [1.54, 1.807) is 30.1 Å². The molecule has 0 saturated carbocycles. The number of rotatable bonds is 3. The molecule has 2 saturated heterocycles. The Kier molecular flexibility index (Phi) is 4.78. The second kappa shape index (κ2) is 7.30. The molecule has 4 rings (SSSR count). The van der Waals surface area contributed by atoms with Crippen molar-refractivity contribution in [2.24, 2.45) is 0 Å². The van der Waals surface area contributed by atoms with Crippen LogP contribution in [0.15, 0.2) is 48.5 Å². The van der Waals surface area contributed by atoms with Crippen molar-refractivity contribution in [3.8, 4) is 6.07 Å². The molecule has 0 unspecified atom stereocenters. The van der Waals surface area contributed by atoms with Crippen LogP contribution < -0.4 is 10.2 Å². The molecule has 2 aromatic carbocycles. The topological polar surface area (TPSA) is 100 Å². The third kappa shape index (κ3) is 3.11. The zero-order valence-electron chi connectivity index (χ0n) is 17.0. The first kappa shape index (κ1) is 19.6. The molecule has 2 aliphatic rings. The Labute approximate surface area is 175 Å². The minimum Gasteiger partial charge on any atom is -0.346 e. The van der Waals surface area contributed by atoms with Gasteiger partial charge in [0, 0.05) is 25.7 Å². The fraction of sp³-hybridized carbons (Fsp3) is 0.304. The van der Waals surface area contributed by atoms with Crippen LogP contribution in [0.2, 0.25) is 0 Å². The van der Waals surface area contributed by atoms with E-state index in [0.717, 1.165) is 23.2 Å². The molecule has 2 heterocycles. The summed E-state index contributed by atoms with van der Waals surface area (Å²) in [5.74, 6) is -0.674. The molecule has 2 aliphatic heterocycles. The van der Waals surface area contributed by atoms with Crippen molar-refractivity contribution in [3.63, 3.8) is 0 Å². The van der Waals surface area contributed by atoms with Gasteiger partial charge in [-0.25, -0.2) is 0 Å². The zero-order valence-corrected chi connectivity index (χ0v) is 17.0. The molecule has 152 valence electrons. The van der Waals surface area contributed by atoms with Crippen molar-refractivity contribution in [1.29, 1.82) is 10.7 Å². The molecule has 2 fully saturated rings. The molecule has 0 aromatic heterocycles. The highest BCUT2D eigenvalue weighted by molar-refractivity contribution is 6.03. The van der Waals surface area contributed by atoms with E-state index in [2.05, 4.69) is 11.4 Å². The molecule has 2 amide bonds. The zero-order chi connectivity index (χ0) is 21.5. The first-order valence-electron chi connectivity index (χ1n) is 9.90. The number of likely N-dealkylation sites (N-methyl/N-ethyl adjacent to an activating group) is 1. The van der Waals surface area contributed by atoms with Crippen molar-refractivity contribution in [1.82, 2.24) is 10.2 Å². The van der Waals surface area contributed by atoms with E-state index in [1.165, 1.54) is 4.90 Å². The van der Waals surface area contributed by atoms with E-state index < -0.39 is 11.5 Å². The molecule has 2 atom stereocenters. The van der Waals surface area contributed by atoms with Gasteiger partial charge in [-0.1, -0.05) is 24.3 Å². The lowest BCUT2D eigenvalue weighted by Gasteiger charge is -2.46. The van der Waals surface area contributed by atoms with Gasteiger partial charge in [0.15, 0.2) is 5.96 Å². The van der Waals surface area contributed by atoms with Crippen molar-refractivity contribution >= 4 is 23.5 Å². The molecule has 0 aliphatic carbocycles. The first-order chi connectivity index (χ1) is 14.3. The van der Waals surface area contributed by atoms with Gasteiger partial charge in [0.2, 0.25) is 11.8 Å². The predicted molar refractivity (Wildman–Crippen MR) is 113 cm³/mol. The number of carbonyl (C=O) groups excluding carboxylic acids is 2. The highest BCUT2D eigenvalue weighted by Crippen LogP contribution is 2.41. The third-order valence-corrected chi connectivity index (χ3v) is 6.07. The molecule has 7 heteroatoms. The summed E-state index contributed by atoms with van der Waals surface area (Å²) in [6.07, 6.45) is 1.42. The summed E-state index contributed by atoms with van der Waals surface area (Å²) >= 11 is 0. The van der Waals surface area contributed by atoms with Crippen molar-refractivity contribution in [3.05, 3.63) is 65.2 Å². The summed E-state index contributed by atoms with van der Waals surface area (Å²) < 4.78 is 0. The fourth-order valence-electron chi connectivity index (χ4n) is 4.35. The number of benzene rings is 2. The normalized spacial score (nSPS) is 24.0. The quantitative estimate of drug-likeness (QED) is 0.826. The van der Waals surface area contributed by atoms with E-state index in [-0.39, 0.29) is 17.8 Å². The van der Waals surface area contributed by atoms with Gasteiger partial charge in [0.25, 0.3) is 0 Å². The molecule has 0 spiro atoms. The highest BCUT2D eigenvalue weighted by Gasteiger charge is 2.48. The Morgan fingerprint density at radius 1 is 1.20 bits per heavy atom. The van der Waals surface area contributed by atoms with Crippen molar-refractivity contribution in [2.75, 3.05) is 18.5 Å². The van der Waals surface area contributed by atoms with Crippen LogP contribution in [0.4, 0.5) is 5.69 Å². The molecule has 0 bridgehead atoms. The predicted octanol–water partition coefficient (Wildman–Crippen LogP) is 2.68. The molecular formula is C23H23N5O2. The van der Waals surface area contributed by atoms with Gasteiger partial charge < -0.3 is 10.2 Å². The number of carbonyl (C=O) groups is 2. The van der Waals surface area contributed by atoms with E-state index >= 15 is 0 Å². The molecule has 2 N–H and O–H groups in total. The number of amides is 2. The molecular weight excluding hydrogens is 378 g/mol. The Hall–Kier alpha value is -3.66. The van der Waals surface area contributed by atoms with E-state index in [9.17, 15) is 14.9 Å². The van der Waals surface area contributed by atoms with Gasteiger partial charge in [-0.15, -0.1) is 0 Å². The summed E-state index contributed by atoms with van der Waals surface area (Å²) in [6, 6.07) is 16.8. The van der Waals surface area contributed by atoms with Gasteiger partial charge >= 0.3 is 0 Å². The smallest absolute Gasteiger partial charge is 0.239 e. The number of nitrogens with zero attached hydrogens (tertiary/aromatic N) is 3. The Balaban J connectivity index is 1.77. The van der Waals surface area contributed by atoms with Crippen LogP contribution in [0.25, 0.3) is 0 Å². The largest absolute Gasteiger partial charge is 0.346 e. The second-order valence-electron chi connectivity index (χ2n) is 7.94. The van der Waals surface area contributed by atoms with Crippen LogP contribution in [0.3, 0.4) is 0 Å². The van der Waals surface area contributed by atoms with Crippen LogP contribution in [-0.2, 0) is 15.1 Å². The Bertz CT molecular complexity index is 1070. The van der Waals surface area contributed by atoms with Gasteiger partial charge in [-0.05, 0) is 48.7 Å². The highest BCUT2D eigenvalue weighted by atomic mass is 16.2.